The molecule has 154 valence electrons. The second kappa shape index (κ2) is 7.67. The number of aromatic hydroxyl groups is 1. The zero-order valence-electron chi connectivity index (χ0n) is 17.2. The van der Waals surface area contributed by atoms with Crippen molar-refractivity contribution in [1.82, 2.24) is 0 Å². The fourth-order valence-electron chi connectivity index (χ4n) is 3.96. The molecular weight excluding hydrogens is 406 g/mol. The monoisotopic (exact) mass is 427 g/mol. The van der Waals surface area contributed by atoms with Crippen LogP contribution in [0.15, 0.2) is 93.0 Å². The Labute approximate surface area is 184 Å². The Morgan fingerprint density at radius 2 is 1.71 bits per heavy atom. The van der Waals surface area contributed by atoms with Gasteiger partial charge in [0.1, 0.15) is 11.3 Å². The van der Waals surface area contributed by atoms with Crippen LogP contribution in [0.5, 0.6) is 5.75 Å². The van der Waals surface area contributed by atoms with Crippen LogP contribution in [0, 0.1) is 0 Å². The van der Waals surface area contributed by atoms with Crippen LogP contribution in [-0.2, 0) is 0 Å². The number of allylic oxidation sites excluding steroid dienone is 1. The number of hydrogen-bond acceptors (Lipinski definition) is 5. The van der Waals surface area contributed by atoms with E-state index in [2.05, 4.69) is 12.1 Å². The third-order valence-corrected chi connectivity index (χ3v) is 6.76. The summed E-state index contributed by atoms with van der Waals surface area (Å²) in [6, 6.07) is 23.6. The van der Waals surface area contributed by atoms with Crippen LogP contribution < -0.4 is 10.5 Å². The molecule has 1 N–H and O–H groups in total. The van der Waals surface area contributed by atoms with Crippen LogP contribution in [0.25, 0.3) is 15.9 Å². The van der Waals surface area contributed by atoms with Crippen molar-refractivity contribution in [2.75, 3.05) is 19.0 Å². The Balaban J connectivity index is 1.73. The highest BCUT2D eigenvalue weighted by Gasteiger charge is 2.29. The number of hydrogen-bond donors (Lipinski definition) is 1. The smallest absolute Gasteiger partial charge is 0.344 e. The van der Waals surface area contributed by atoms with E-state index < -0.39 is 11.5 Å². The maximum Gasteiger partial charge on any atom is 0.344 e. The normalized spacial score (nSPS) is 15.4. The summed E-state index contributed by atoms with van der Waals surface area (Å²) in [5.41, 5.74) is 3.09. The van der Waals surface area contributed by atoms with Crippen molar-refractivity contribution in [2.24, 2.45) is 0 Å². The van der Waals surface area contributed by atoms with E-state index in [1.54, 1.807) is 23.9 Å². The van der Waals surface area contributed by atoms with E-state index in [9.17, 15) is 9.90 Å². The van der Waals surface area contributed by atoms with Gasteiger partial charge in [0.25, 0.3) is 0 Å². The summed E-state index contributed by atoms with van der Waals surface area (Å²) in [6.45, 7) is 0. The molecule has 31 heavy (non-hydrogen) atoms. The van der Waals surface area contributed by atoms with Gasteiger partial charge >= 0.3 is 5.63 Å². The molecule has 1 unspecified atom stereocenters. The zero-order chi connectivity index (χ0) is 21.5. The number of thioether (sulfide) groups is 1. The largest absolute Gasteiger partial charge is 0.507 e. The predicted octanol–water partition coefficient (Wildman–Crippen LogP) is 5.84. The minimum absolute atomic E-state index is 0.0214. The summed E-state index contributed by atoms with van der Waals surface area (Å²) in [6.07, 6.45) is 2.05. The zero-order valence-corrected chi connectivity index (χ0v) is 18.0. The van der Waals surface area contributed by atoms with Crippen molar-refractivity contribution in [1.29, 1.82) is 0 Å². The number of benzene rings is 3. The second-order valence-electron chi connectivity index (χ2n) is 7.74. The van der Waals surface area contributed by atoms with E-state index in [0.29, 0.717) is 11.0 Å². The quantitative estimate of drug-likeness (QED) is 0.416. The number of fused-ring (bicyclic) bond motifs is 2. The summed E-state index contributed by atoms with van der Waals surface area (Å²) in [7, 11) is 3.83. The molecule has 5 rings (SSSR count). The molecule has 1 aliphatic rings. The molecule has 3 aromatic carbocycles. The van der Waals surface area contributed by atoms with Crippen molar-refractivity contribution in [3.05, 3.63) is 106 Å². The highest BCUT2D eigenvalue weighted by Crippen LogP contribution is 2.48. The van der Waals surface area contributed by atoms with Crippen molar-refractivity contribution in [2.45, 2.75) is 10.8 Å². The van der Waals surface area contributed by atoms with Gasteiger partial charge in [-0.25, -0.2) is 4.79 Å². The SMILES string of the molecule is CN(C)c1ccc2c(O)c(C3C=C(c4ccccc4)Sc4ccccc43)c(=O)oc2c1. The summed E-state index contributed by atoms with van der Waals surface area (Å²) in [5.74, 6) is -0.422. The van der Waals surface area contributed by atoms with Crippen molar-refractivity contribution >= 4 is 33.3 Å². The van der Waals surface area contributed by atoms with Gasteiger partial charge in [0.2, 0.25) is 0 Å². The fraction of sp³-hybridized carbons (Fsp3) is 0.115. The lowest BCUT2D eigenvalue weighted by Crippen LogP contribution is -2.15. The summed E-state index contributed by atoms with van der Waals surface area (Å²) < 4.78 is 5.70. The van der Waals surface area contributed by atoms with Gasteiger partial charge in [-0.15, -0.1) is 0 Å². The number of anilines is 1. The minimum atomic E-state index is -0.517. The maximum atomic E-state index is 13.1. The van der Waals surface area contributed by atoms with Crippen LogP contribution in [0.2, 0.25) is 0 Å². The third kappa shape index (κ3) is 3.41. The molecule has 0 fully saturated rings. The average molecular weight is 428 g/mol. The number of nitrogens with zero attached hydrogens (tertiary/aromatic N) is 1. The molecule has 1 atom stereocenters. The van der Waals surface area contributed by atoms with Gasteiger partial charge in [-0.2, -0.15) is 0 Å². The lowest BCUT2D eigenvalue weighted by Gasteiger charge is -2.25. The first kappa shape index (κ1) is 19.5. The highest BCUT2D eigenvalue weighted by molar-refractivity contribution is 8.08. The van der Waals surface area contributed by atoms with E-state index in [1.807, 2.05) is 73.6 Å². The molecule has 4 nitrogen and oxygen atoms in total. The Hall–Kier alpha value is -3.44. The van der Waals surface area contributed by atoms with Crippen LogP contribution in [-0.4, -0.2) is 19.2 Å². The predicted molar refractivity (Wildman–Crippen MR) is 127 cm³/mol. The van der Waals surface area contributed by atoms with Gasteiger partial charge < -0.3 is 14.4 Å². The molecule has 2 heterocycles. The molecule has 0 radical (unpaired) electrons. The van der Waals surface area contributed by atoms with Gasteiger partial charge in [-0.3, -0.25) is 0 Å². The molecule has 0 amide bonds. The van der Waals surface area contributed by atoms with E-state index in [1.165, 1.54) is 0 Å². The fourth-order valence-corrected chi connectivity index (χ4v) is 5.12. The van der Waals surface area contributed by atoms with Crippen LogP contribution >= 0.6 is 11.8 Å². The number of rotatable bonds is 3. The van der Waals surface area contributed by atoms with E-state index in [0.717, 1.165) is 26.6 Å². The molecule has 0 saturated carbocycles. The summed E-state index contributed by atoms with van der Waals surface area (Å²) in [4.78, 5) is 17.1. The molecule has 1 aliphatic heterocycles. The van der Waals surface area contributed by atoms with Gasteiger partial charge in [-0.05, 0) is 29.3 Å². The molecule has 1 aromatic heterocycles. The second-order valence-corrected chi connectivity index (χ2v) is 8.82. The van der Waals surface area contributed by atoms with Crippen LogP contribution in [0.4, 0.5) is 5.69 Å². The first-order valence-corrected chi connectivity index (χ1v) is 10.9. The molecule has 0 saturated heterocycles. The Morgan fingerprint density at radius 3 is 2.48 bits per heavy atom. The topological polar surface area (TPSA) is 53.7 Å². The first-order chi connectivity index (χ1) is 15.0. The molecule has 0 spiro atoms. The Morgan fingerprint density at radius 1 is 0.968 bits per heavy atom. The Kier molecular flexibility index (Phi) is 4.83. The molecular formula is C26H21NO3S. The van der Waals surface area contributed by atoms with Crippen molar-refractivity contribution in [3.8, 4) is 5.75 Å². The molecule has 0 aliphatic carbocycles. The lowest BCUT2D eigenvalue weighted by molar-refractivity contribution is 0.455. The van der Waals surface area contributed by atoms with Gasteiger partial charge in [0, 0.05) is 41.6 Å². The average Bonchev–Trinajstić information content (AvgIpc) is 2.79. The van der Waals surface area contributed by atoms with Gasteiger partial charge in [0.15, 0.2) is 0 Å². The van der Waals surface area contributed by atoms with E-state index >= 15 is 0 Å². The lowest BCUT2D eigenvalue weighted by atomic mass is 9.89. The highest BCUT2D eigenvalue weighted by atomic mass is 32.2. The minimum Gasteiger partial charge on any atom is -0.507 e. The van der Waals surface area contributed by atoms with Crippen molar-refractivity contribution < 1.29 is 9.52 Å². The standard InChI is InChI=1S/C26H21NO3S/c1-27(2)17-12-13-19-21(14-17)30-26(29)24(25(19)28)20-15-23(16-8-4-3-5-9-16)31-22-11-7-6-10-18(20)22/h3-15,20,28H,1-2H3. The molecule has 0 bridgehead atoms. The van der Waals surface area contributed by atoms with Crippen molar-refractivity contribution in [3.63, 3.8) is 0 Å². The summed E-state index contributed by atoms with van der Waals surface area (Å²) in [5, 5.41) is 11.7. The van der Waals surface area contributed by atoms with E-state index in [4.69, 9.17) is 4.42 Å². The Bertz CT molecular complexity index is 1370. The first-order valence-electron chi connectivity index (χ1n) is 10.0. The summed E-state index contributed by atoms with van der Waals surface area (Å²) >= 11 is 1.67. The molecule has 5 heteroatoms. The molecule has 4 aromatic rings. The van der Waals surface area contributed by atoms with E-state index in [-0.39, 0.29) is 11.3 Å². The van der Waals surface area contributed by atoms with Gasteiger partial charge in [-0.1, -0.05) is 66.4 Å². The maximum absolute atomic E-state index is 13.1. The van der Waals surface area contributed by atoms with Crippen LogP contribution in [0.3, 0.4) is 0 Å². The third-order valence-electron chi connectivity index (χ3n) is 5.58. The van der Waals surface area contributed by atoms with Gasteiger partial charge in [0.05, 0.1) is 10.9 Å². The van der Waals surface area contributed by atoms with Crippen LogP contribution in [0.1, 0.15) is 22.6 Å².